The van der Waals surface area contributed by atoms with Gasteiger partial charge < -0.3 is 10.5 Å². The van der Waals surface area contributed by atoms with E-state index in [1.54, 1.807) is 0 Å². The molecule has 16 heavy (non-hydrogen) atoms. The number of ether oxygens (including phenoxy) is 1. The van der Waals surface area contributed by atoms with Gasteiger partial charge >= 0.3 is 0 Å². The van der Waals surface area contributed by atoms with E-state index < -0.39 is 0 Å². The second-order valence-electron chi connectivity index (χ2n) is 5.04. The van der Waals surface area contributed by atoms with Crippen molar-refractivity contribution in [3.05, 3.63) is 35.4 Å². The molecule has 0 spiro atoms. The molecule has 1 aromatic rings. The zero-order chi connectivity index (χ0) is 11.0. The van der Waals surface area contributed by atoms with Crippen molar-refractivity contribution < 1.29 is 4.74 Å². The van der Waals surface area contributed by atoms with E-state index in [4.69, 9.17) is 10.5 Å². The lowest BCUT2D eigenvalue weighted by Gasteiger charge is -2.29. The zero-order valence-electron chi connectivity index (χ0n) is 9.56. The Hall–Kier alpha value is -0.860. The van der Waals surface area contributed by atoms with Crippen molar-refractivity contribution in [2.24, 2.45) is 5.73 Å². The highest BCUT2D eigenvalue weighted by Crippen LogP contribution is 2.41. The number of nitrogens with two attached hydrogens (primary N) is 1. The normalized spacial score (nSPS) is 30.3. The van der Waals surface area contributed by atoms with Crippen LogP contribution in [0, 0.1) is 0 Å². The molecule has 2 nitrogen and oxygen atoms in total. The van der Waals surface area contributed by atoms with E-state index in [0.29, 0.717) is 0 Å². The van der Waals surface area contributed by atoms with Crippen LogP contribution in [0.3, 0.4) is 0 Å². The van der Waals surface area contributed by atoms with Gasteiger partial charge in [0.05, 0.1) is 6.10 Å². The van der Waals surface area contributed by atoms with Gasteiger partial charge in [0.15, 0.2) is 0 Å². The standard InChI is InChI=1S/C14H19NO/c15-13-5-2-8-16-14(13)12-4-1-3-11(9-12)10-6-7-10/h1,3-4,9-10,13-14H,2,5-8,15H2. The molecule has 1 aromatic carbocycles. The van der Waals surface area contributed by atoms with Gasteiger partial charge in [-0.1, -0.05) is 24.3 Å². The van der Waals surface area contributed by atoms with Crippen molar-refractivity contribution in [1.29, 1.82) is 0 Å². The van der Waals surface area contributed by atoms with Crippen molar-refractivity contribution in [3.8, 4) is 0 Å². The van der Waals surface area contributed by atoms with E-state index in [9.17, 15) is 0 Å². The van der Waals surface area contributed by atoms with Gasteiger partial charge in [-0.3, -0.25) is 0 Å². The summed E-state index contributed by atoms with van der Waals surface area (Å²) < 4.78 is 5.81. The molecule has 1 saturated heterocycles. The number of hydrogen-bond donors (Lipinski definition) is 1. The first-order valence-corrected chi connectivity index (χ1v) is 6.31. The summed E-state index contributed by atoms with van der Waals surface area (Å²) in [6.45, 7) is 0.853. The van der Waals surface area contributed by atoms with Crippen LogP contribution in [0.2, 0.25) is 0 Å². The highest BCUT2D eigenvalue weighted by Gasteiger charge is 2.27. The second-order valence-corrected chi connectivity index (χ2v) is 5.04. The number of benzene rings is 1. The van der Waals surface area contributed by atoms with Crippen molar-refractivity contribution >= 4 is 0 Å². The molecule has 2 atom stereocenters. The monoisotopic (exact) mass is 217 g/mol. The number of rotatable bonds is 2. The van der Waals surface area contributed by atoms with Crippen molar-refractivity contribution in [2.45, 2.75) is 43.7 Å². The van der Waals surface area contributed by atoms with Crippen LogP contribution in [0.5, 0.6) is 0 Å². The maximum absolute atomic E-state index is 6.13. The van der Waals surface area contributed by atoms with Crippen molar-refractivity contribution in [3.63, 3.8) is 0 Å². The molecule has 3 rings (SSSR count). The summed E-state index contributed by atoms with van der Waals surface area (Å²) >= 11 is 0. The molecule has 2 heteroatoms. The van der Waals surface area contributed by atoms with Gasteiger partial charge in [0.25, 0.3) is 0 Å². The lowest BCUT2D eigenvalue weighted by atomic mass is 9.95. The molecule has 2 fully saturated rings. The Morgan fingerprint density at radius 1 is 1.12 bits per heavy atom. The van der Waals surface area contributed by atoms with E-state index in [1.165, 1.54) is 24.0 Å². The number of hydrogen-bond acceptors (Lipinski definition) is 2. The molecule has 0 amide bonds. The van der Waals surface area contributed by atoms with Gasteiger partial charge in [0.1, 0.15) is 0 Å². The van der Waals surface area contributed by atoms with Gasteiger partial charge in [0, 0.05) is 12.6 Å². The predicted octanol–water partition coefficient (Wildman–Crippen LogP) is 2.74. The molecule has 2 N–H and O–H groups in total. The van der Waals surface area contributed by atoms with Gasteiger partial charge in [-0.05, 0) is 42.7 Å². The Kier molecular flexibility index (Phi) is 2.70. The van der Waals surface area contributed by atoms with E-state index in [1.807, 2.05) is 0 Å². The summed E-state index contributed by atoms with van der Waals surface area (Å²) in [6, 6.07) is 9.00. The zero-order valence-corrected chi connectivity index (χ0v) is 9.56. The van der Waals surface area contributed by atoms with Gasteiger partial charge in [-0.15, -0.1) is 0 Å². The Labute approximate surface area is 96.8 Å². The summed E-state index contributed by atoms with van der Waals surface area (Å²) in [5.41, 5.74) is 8.87. The topological polar surface area (TPSA) is 35.2 Å². The van der Waals surface area contributed by atoms with Crippen LogP contribution >= 0.6 is 0 Å². The van der Waals surface area contributed by atoms with Crippen molar-refractivity contribution in [1.82, 2.24) is 0 Å². The minimum atomic E-state index is 0.118. The minimum Gasteiger partial charge on any atom is -0.372 e. The van der Waals surface area contributed by atoms with Crippen LogP contribution in [-0.4, -0.2) is 12.6 Å². The lowest BCUT2D eigenvalue weighted by Crippen LogP contribution is -2.34. The third-order valence-electron chi connectivity index (χ3n) is 3.66. The molecule has 1 aliphatic carbocycles. The maximum Gasteiger partial charge on any atom is 0.0975 e. The molecule has 1 saturated carbocycles. The Morgan fingerprint density at radius 2 is 1.94 bits per heavy atom. The van der Waals surface area contributed by atoms with Crippen LogP contribution in [0.1, 0.15) is 48.8 Å². The first kappa shape index (κ1) is 10.3. The smallest absolute Gasteiger partial charge is 0.0975 e. The minimum absolute atomic E-state index is 0.118. The third kappa shape index (κ3) is 2.00. The maximum atomic E-state index is 6.13. The first-order chi connectivity index (χ1) is 7.84. The Morgan fingerprint density at radius 3 is 2.69 bits per heavy atom. The Balaban J connectivity index is 1.83. The van der Waals surface area contributed by atoms with E-state index >= 15 is 0 Å². The van der Waals surface area contributed by atoms with Crippen LogP contribution in [-0.2, 0) is 4.74 Å². The van der Waals surface area contributed by atoms with Crippen molar-refractivity contribution in [2.75, 3.05) is 6.61 Å². The fourth-order valence-corrected chi connectivity index (χ4v) is 2.55. The van der Waals surface area contributed by atoms with Crippen LogP contribution in [0.15, 0.2) is 24.3 Å². The fraction of sp³-hybridized carbons (Fsp3) is 0.571. The predicted molar refractivity (Wildman–Crippen MR) is 64.3 cm³/mol. The van der Waals surface area contributed by atoms with Crippen LogP contribution in [0.25, 0.3) is 0 Å². The fourth-order valence-electron chi connectivity index (χ4n) is 2.55. The van der Waals surface area contributed by atoms with E-state index in [-0.39, 0.29) is 12.1 Å². The van der Waals surface area contributed by atoms with Gasteiger partial charge in [-0.2, -0.15) is 0 Å². The van der Waals surface area contributed by atoms with Gasteiger partial charge in [0.2, 0.25) is 0 Å². The summed E-state index contributed by atoms with van der Waals surface area (Å²) in [4.78, 5) is 0. The molecular weight excluding hydrogens is 198 g/mol. The molecule has 2 unspecified atom stereocenters. The molecule has 1 heterocycles. The van der Waals surface area contributed by atoms with Gasteiger partial charge in [-0.25, -0.2) is 0 Å². The molecule has 0 radical (unpaired) electrons. The average molecular weight is 217 g/mol. The highest BCUT2D eigenvalue weighted by molar-refractivity contribution is 5.31. The quantitative estimate of drug-likeness (QED) is 0.826. The molecule has 0 aromatic heterocycles. The SMILES string of the molecule is NC1CCCOC1c1cccc(C2CC2)c1. The summed E-state index contributed by atoms with van der Waals surface area (Å²) in [7, 11) is 0. The van der Waals surface area contributed by atoms with E-state index in [0.717, 1.165) is 25.4 Å². The average Bonchev–Trinajstić information content (AvgIpc) is 3.14. The highest BCUT2D eigenvalue weighted by atomic mass is 16.5. The molecular formula is C14H19NO. The largest absolute Gasteiger partial charge is 0.372 e. The molecule has 1 aliphatic heterocycles. The summed E-state index contributed by atoms with van der Waals surface area (Å²) in [5.74, 6) is 0.805. The summed E-state index contributed by atoms with van der Waals surface area (Å²) in [6.07, 6.45) is 4.99. The molecule has 86 valence electrons. The molecule has 0 bridgehead atoms. The van der Waals surface area contributed by atoms with Crippen LogP contribution in [0.4, 0.5) is 0 Å². The third-order valence-corrected chi connectivity index (χ3v) is 3.66. The first-order valence-electron chi connectivity index (χ1n) is 6.31. The second kappa shape index (κ2) is 4.19. The molecule has 2 aliphatic rings. The van der Waals surface area contributed by atoms with E-state index in [2.05, 4.69) is 24.3 Å². The lowest BCUT2D eigenvalue weighted by molar-refractivity contribution is 0.000108. The summed E-state index contributed by atoms with van der Waals surface area (Å²) in [5, 5.41) is 0. The van der Waals surface area contributed by atoms with Crippen LogP contribution < -0.4 is 5.73 Å². The Bertz CT molecular complexity index is 373.